The molecule has 0 unspecified atom stereocenters. The minimum Gasteiger partial charge on any atom is -0.318 e. The van der Waals surface area contributed by atoms with Gasteiger partial charge in [-0.3, -0.25) is 14.6 Å². The quantitative estimate of drug-likeness (QED) is 0.347. The number of aromatic nitrogens is 1. The van der Waals surface area contributed by atoms with Gasteiger partial charge in [0.05, 0.1) is 6.54 Å². The van der Waals surface area contributed by atoms with Gasteiger partial charge in [0.15, 0.2) is 14.6 Å². The highest BCUT2D eigenvalue weighted by atomic mass is 127. The molecule has 2 amide bonds. The van der Waals surface area contributed by atoms with E-state index < -0.39 is 20.5 Å². The highest BCUT2D eigenvalue weighted by Crippen LogP contribution is 2.29. The van der Waals surface area contributed by atoms with E-state index in [9.17, 15) is 18.0 Å². The third kappa shape index (κ3) is 3.67. The number of carbonyl (C=O) groups excluding carboxylic acids is 2. The zero-order valence-corrected chi connectivity index (χ0v) is 18.3. The molecule has 0 fully saturated rings. The van der Waals surface area contributed by atoms with Gasteiger partial charge in [0.2, 0.25) is 0 Å². The molecule has 1 aromatic heterocycles. The van der Waals surface area contributed by atoms with Gasteiger partial charge in [-0.25, -0.2) is 18.7 Å². The Morgan fingerprint density at radius 3 is 2.46 bits per heavy atom. The summed E-state index contributed by atoms with van der Waals surface area (Å²) in [5.41, 5.74) is 4.15. The van der Waals surface area contributed by atoms with E-state index >= 15 is 0 Å². The summed E-state index contributed by atoms with van der Waals surface area (Å²) >= 11 is 2.23. The fourth-order valence-electron chi connectivity index (χ4n) is 3.13. The fourth-order valence-corrected chi connectivity index (χ4v) is 4.34. The number of halogens is 1. The maximum absolute atomic E-state index is 12.7. The van der Waals surface area contributed by atoms with Crippen molar-refractivity contribution < 1.29 is 23.2 Å². The SMILES string of the molecule is C[C@@](CCN1Cc2cc(-c3ccc(I)cc3)cn2C1=O)(C(=O)NO)S(C)(=O)=O. The van der Waals surface area contributed by atoms with Gasteiger partial charge < -0.3 is 4.90 Å². The van der Waals surface area contributed by atoms with Crippen LogP contribution in [0.2, 0.25) is 0 Å². The number of benzene rings is 1. The third-order valence-electron chi connectivity index (χ3n) is 5.17. The van der Waals surface area contributed by atoms with Crippen LogP contribution in [0.25, 0.3) is 11.1 Å². The summed E-state index contributed by atoms with van der Waals surface area (Å²) in [4.78, 5) is 26.1. The molecule has 150 valence electrons. The molecule has 2 N–H and O–H groups in total. The number of hydrogen-bond acceptors (Lipinski definition) is 5. The lowest BCUT2D eigenvalue weighted by Crippen LogP contribution is -2.50. The summed E-state index contributed by atoms with van der Waals surface area (Å²) in [5, 5.41) is 8.89. The molecule has 10 heteroatoms. The first-order valence-electron chi connectivity index (χ1n) is 8.47. The van der Waals surface area contributed by atoms with Gasteiger partial charge in [0.1, 0.15) is 0 Å². The molecule has 2 heterocycles. The molecular weight excluding hydrogens is 497 g/mol. The molecule has 3 rings (SSSR count). The zero-order valence-electron chi connectivity index (χ0n) is 15.3. The number of nitrogens with one attached hydrogen (secondary N) is 1. The van der Waals surface area contributed by atoms with Crippen LogP contribution in [0.3, 0.4) is 0 Å². The van der Waals surface area contributed by atoms with Crippen LogP contribution in [0.4, 0.5) is 4.79 Å². The number of fused-ring (bicyclic) bond motifs is 1. The van der Waals surface area contributed by atoms with Gasteiger partial charge in [-0.15, -0.1) is 0 Å². The number of sulfone groups is 1. The number of nitrogens with zero attached hydrogens (tertiary/aromatic N) is 2. The van der Waals surface area contributed by atoms with Crippen LogP contribution < -0.4 is 5.48 Å². The minimum atomic E-state index is -3.80. The van der Waals surface area contributed by atoms with E-state index in [4.69, 9.17) is 5.21 Å². The third-order valence-corrected chi connectivity index (χ3v) is 7.91. The summed E-state index contributed by atoms with van der Waals surface area (Å²) < 4.78 is 24.9. The Kier molecular flexibility index (Phi) is 5.56. The van der Waals surface area contributed by atoms with Crippen molar-refractivity contribution in [2.24, 2.45) is 0 Å². The Hall–Kier alpha value is -1.92. The largest absolute Gasteiger partial charge is 0.328 e. The molecule has 1 aliphatic heterocycles. The Labute approximate surface area is 176 Å². The second-order valence-corrected chi connectivity index (χ2v) is 10.7. The van der Waals surface area contributed by atoms with Crippen molar-refractivity contribution >= 4 is 44.4 Å². The predicted octanol–water partition coefficient (Wildman–Crippen LogP) is 2.24. The molecule has 2 aromatic rings. The maximum Gasteiger partial charge on any atom is 0.328 e. The molecule has 1 atom stereocenters. The first-order valence-corrected chi connectivity index (χ1v) is 11.4. The molecular formula is C18H20IN3O5S. The first kappa shape index (κ1) is 20.8. The lowest BCUT2D eigenvalue weighted by molar-refractivity contribution is -0.131. The van der Waals surface area contributed by atoms with E-state index in [2.05, 4.69) is 22.6 Å². The number of carbonyl (C=O) groups is 2. The zero-order chi connectivity index (χ0) is 20.7. The van der Waals surface area contributed by atoms with Crippen molar-refractivity contribution in [3.05, 3.63) is 45.8 Å². The van der Waals surface area contributed by atoms with Gasteiger partial charge in [-0.05, 0) is 59.7 Å². The molecule has 8 nitrogen and oxygen atoms in total. The molecule has 0 aliphatic carbocycles. The van der Waals surface area contributed by atoms with Gasteiger partial charge in [0.25, 0.3) is 5.91 Å². The number of hydroxylamine groups is 1. The summed E-state index contributed by atoms with van der Waals surface area (Å²) in [7, 11) is -3.80. The summed E-state index contributed by atoms with van der Waals surface area (Å²) in [6.07, 6.45) is 2.57. The van der Waals surface area contributed by atoms with Crippen molar-refractivity contribution in [1.29, 1.82) is 0 Å². The summed E-state index contributed by atoms with van der Waals surface area (Å²) in [6, 6.07) is 9.61. The number of rotatable bonds is 6. The molecule has 1 aliphatic rings. The normalized spacial score (nSPS) is 16.0. The topological polar surface area (TPSA) is 109 Å². The van der Waals surface area contributed by atoms with Crippen LogP contribution in [0.1, 0.15) is 19.0 Å². The number of hydrogen-bond donors (Lipinski definition) is 2. The van der Waals surface area contributed by atoms with E-state index in [1.54, 1.807) is 6.20 Å². The Morgan fingerprint density at radius 2 is 1.93 bits per heavy atom. The van der Waals surface area contributed by atoms with Gasteiger partial charge in [-0.1, -0.05) is 12.1 Å². The average Bonchev–Trinajstić information content (AvgIpc) is 3.18. The van der Waals surface area contributed by atoms with E-state index in [1.165, 1.54) is 21.9 Å². The molecule has 0 spiro atoms. The van der Waals surface area contributed by atoms with Crippen molar-refractivity contribution in [2.75, 3.05) is 12.8 Å². The predicted molar refractivity (Wildman–Crippen MR) is 112 cm³/mol. The molecule has 28 heavy (non-hydrogen) atoms. The smallest absolute Gasteiger partial charge is 0.318 e. The van der Waals surface area contributed by atoms with Gasteiger partial charge in [0, 0.05) is 33.8 Å². The van der Waals surface area contributed by atoms with Crippen molar-refractivity contribution in [2.45, 2.75) is 24.6 Å². The Balaban J connectivity index is 1.75. The standard InChI is InChI=1S/C18H20IN3O5S/c1-18(16(23)20-25,28(2,26)27)7-8-21-11-15-9-13(10-22(15)17(21)24)12-3-5-14(19)6-4-12/h3-6,9-10,25H,7-8,11H2,1-2H3,(H,20,23)/t18-/m1/s1. The van der Waals surface area contributed by atoms with Crippen LogP contribution >= 0.6 is 22.6 Å². The second-order valence-electron chi connectivity index (χ2n) is 7.00. The van der Waals surface area contributed by atoms with Crippen LogP contribution in [0.15, 0.2) is 36.5 Å². The van der Waals surface area contributed by atoms with Crippen molar-refractivity contribution in [3.8, 4) is 11.1 Å². The van der Waals surface area contributed by atoms with Gasteiger partial charge in [-0.2, -0.15) is 0 Å². The van der Waals surface area contributed by atoms with E-state index in [-0.39, 0.29) is 19.0 Å². The van der Waals surface area contributed by atoms with Crippen molar-refractivity contribution in [3.63, 3.8) is 0 Å². The lowest BCUT2D eigenvalue weighted by atomic mass is 10.1. The Morgan fingerprint density at radius 1 is 1.29 bits per heavy atom. The molecule has 0 bridgehead atoms. The second kappa shape index (κ2) is 7.48. The molecule has 1 aromatic carbocycles. The van der Waals surface area contributed by atoms with Crippen LogP contribution in [0, 0.1) is 3.57 Å². The van der Waals surface area contributed by atoms with Crippen LogP contribution in [-0.4, -0.2) is 52.6 Å². The summed E-state index contributed by atoms with van der Waals surface area (Å²) in [5.74, 6) is -1.01. The minimum absolute atomic E-state index is 0.0658. The van der Waals surface area contributed by atoms with Crippen LogP contribution in [0.5, 0.6) is 0 Å². The van der Waals surface area contributed by atoms with Crippen molar-refractivity contribution in [1.82, 2.24) is 14.9 Å². The van der Waals surface area contributed by atoms with E-state index in [0.29, 0.717) is 6.54 Å². The first-order chi connectivity index (χ1) is 13.1. The highest BCUT2D eigenvalue weighted by Gasteiger charge is 2.44. The fraction of sp³-hybridized carbons (Fsp3) is 0.333. The monoisotopic (exact) mass is 517 g/mol. The Bertz CT molecular complexity index is 1030. The molecule has 0 saturated carbocycles. The highest BCUT2D eigenvalue weighted by molar-refractivity contribution is 14.1. The van der Waals surface area contributed by atoms with Crippen LogP contribution in [-0.2, 0) is 21.2 Å². The maximum atomic E-state index is 12.7. The average molecular weight is 517 g/mol. The summed E-state index contributed by atoms with van der Waals surface area (Å²) in [6.45, 7) is 1.63. The van der Waals surface area contributed by atoms with E-state index in [0.717, 1.165) is 26.6 Å². The van der Waals surface area contributed by atoms with Gasteiger partial charge >= 0.3 is 6.03 Å². The lowest BCUT2D eigenvalue weighted by Gasteiger charge is -2.27. The molecule has 0 radical (unpaired) electrons. The molecule has 0 saturated heterocycles. The number of amides is 2. The van der Waals surface area contributed by atoms with E-state index in [1.807, 2.05) is 30.3 Å².